The first-order valence-electron chi connectivity index (χ1n) is 8.67. The monoisotopic (exact) mass is 348 g/mol. The van der Waals surface area contributed by atoms with Crippen molar-refractivity contribution in [2.24, 2.45) is 0 Å². The maximum Gasteiger partial charge on any atom is 0.287 e. The van der Waals surface area contributed by atoms with Gasteiger partial charge in [0.05, 0.1) is 6.26 Å². The molecule has 1 aliphatic rings. The van der Waals surface area contributed by atoms with Crippen molar-refractivity contribution in [2.75, 3.05) is 6.54 Å². The summed E-state index contributed by atoms with van der Waals surface area (Å²) in [5, 5.41) is 2.91. The number of nitrogens with zero attached hydrogens (tertiary/aromatic N) is 3. The maximum absolute atomic E-state index is 12.1. The van der Waals surface area contributed by atoms with Crippen LogP contribution in [0.5, 0.6) is 0 Å². The zero-order valence-electron chi connectivity index (χ0n) is 14.4. The van der Waals surface area contributed by atoms with Crippen LogP contribution in [0.3, 0.4) is 0 Å². The number of pyridine rings is 2. The quantitative estimate of drug-likeness (QED) is 0.767. The van der Waals surface area contributed by atoms with Crippen LogP contribution < -0.4 is 5.32 Å². The van der Waals surface area contributed by atoms with Crippen molar-refractivity contribution >= 4 is 5.91 Å². The van der Waals surface area contributed by atoms with E-state index in [2.05, 4.69) is 20.2 Å². The Labute approximate surface area is 151 Å². The molecule has 4 rings (SSSR count). The van der Waals surface area contributed by atoms with Gasteiger partial charge >= 0.3 is 0 Å². The molecular weight excluding hydrogens is 328 g/mol. The van der Waals surface area contributed by atoms with Crippen LogP contribution in [0.2, 0.25) is 0 Å². The number of fused-ring (bicyclic) bond motifs is 1. The highest BCUT2D eigenvalue weighted by Gasteiger charge is 2.20. The van der Waals surface area contributed by atoms with Gasteiger partial charge in [0, 0.05) is 51.0 Å². The Balaban J connectivity index is 1.42. The third kappa shape index (κ3) is 3.65. The molecule has 0 unspecified atom stereocenters. The normalized spacial score (nSPS) is 14.0. The van der Waals surface area contributed by atoms with E-state index in [0.717, 1.165) is 31.6 Å². The summed E-state index contributed by atoms with van der Waals surface area (Å²) in [6.45, 7) is 3.21. The molecule has 3 aromatic heterocycles. The highest BCUT2D eigenvalue weighted by atomic mass is 16.3. The summed E-state index contributed by atoms with van der Waals surface area (Å²) in [6, 6.07) is 7.46. The molecule has 0 bridgehead atoms. The second kappa shape index (κ2) is 7.49. The molecule has 0 aromatic carbocycles. The Bertz CT molecular complexity index is 878. The van der Waals surface area contributed by atoms with Gasteiger partial charge in [-0.15, -0.1) is 0 Å². The fraction of sp³-hybridized carbons (Fsp3) is 0.250. The molecule has 4 heterocycles. The van der Waals surface area contributed by atoms with Crippen LogP contribution in [0.15, 0.2) is 59.7 Å². The molecule has 0 saturated carbocycles. The van der Waals surface area contributed by atoms with Crippen molar-refractivity contribution < 1.29 is 9.21 Å². The van der Waals surface area contributed by atoms with E-state index in [0.29, 0.717) is 12.3 Å². The van der Waals surface area contributed by atoms with E-state index in [1.54, 1.807) is 12.1 Å². The van der Waals surface area contributed by atoms with Crippen LogP contribution in [-0.4, -0.2) is 27.3 Å². The second-order valence-electron chi connectivity index (χ2n) is 6.41. The van der Waals surface area contributed by atoms with Gasteiger partial charge in [-0.1, -0.05) is 0 Å². The van der Waals surface area contributed by atoms with Crippen molar-refractivity contribution in [1.29, 1.82) is 0 Å². The average molecular weight is 348 g/mol. The first-order valence-corrected chi connectivity index (χ1v) is 8.67. The van der Waals surface area contributed by atoms with Gasteiger partial charge in [-0.3, -0.25) is 19.7 Å². The molecule has 0 saturated heterocycles. The fourth-order valence-electron chi connectivity index (χ4n) is 3.33. The van der Waals surface area contributed by atoms with Crippen molar-refractivity contribution in [3.63, 3.8) is 0 Å². The van der Waals surface area contributed by atoms with Crippen LogP contribution in [0.4, 0.5) is 0 Å². The summed E-state index contributed by atoms with van der Waals surface area (Å²) in [7, 11) is 0. The number of amides is 1. The van der Waals surface area contributed by atoms with Crippen LogP contribution >= 0.6 is 0 Å². The average Bonchev–Trinajstić information content (AvgIpc) is 3.21. The molecule has 0 spiro atoms. The molecule has 0 atom stereocenters. The molecular formula is C20H20N4O2. The summed E-state index contributed by atoms with van der Waals surface area (Å²) in [6.07, 6.45) is 9.89. The summed E-state index contributed by atoms with van der Waals surface area (Å²) < 4.78 is 5.13. The summed E-state index contributed by atoms with van der Waals surface area (Å²) in [4.78, 5) is 22.9. The van der Waals surface area contributed by atoms with Gasteiger partial charge in [0.25, 0.3) is 5.91 Å². The Kier molecular flexibility index (Phi) is 4.75. The van der Waals surface area contributed by atoms with E-state index < -0.39 is 0 Å². The molecule has 1 amide bonds. The molecule has 26 heavy (non-hydrogen) atoms. The summed E-state index contributed by atoms with van der Waals surface area (Å²) in [5.41, 5.74) is 4.87. The molecule has 1 N–H and O–H groups in total. The topological polar surface area (TPSA) is 71.3 Å². The van der Waals surface area contributed by atoms with Crippen LogP contribution in [-0.2, 0) is 26.1 Å². The van der Waals surface area contributed by atoms with E-state index in [-0.39, 0.29) is 5.91 Å². The molecule has 0 radical (unpaired) electrons. The Morgan fingerprint density at radius 1 is 1.19 bits per heavy atom. The lowest BCUT2D eigenvalue weighted by atomic mass is 9.96. The minimum Gasteiger partial charge on any atom is -0.459 e. The van der Waals surface area contributed by atoms with Gasteiger partial charge < -0.3 is 9.73 Å². The van der Waals surface area contributed by atoms with E-state index in [4.69, 9.17) is 4.42 Å². The minimum atomic E-state index is -0.206. The number of furan rings is 1. The lowest BCUT2D eigenvalue weighted by Crippen LogP contribution is -2.32. The van der Waals surface area contributed by atoms with Gasteiger partial charge in [0.1, 0.15) is 0 Å². The van der Waals surface area contributed by atoms with Gasteiger partial charge in [0.15, 0.2) is 5.76 Å². The number of hydrogen-bond donors (Lipinski definition) is 1. The summed E-state index contributed by atoms with van der Waals surface area (Å²) >= 11 is 0. The summed E-state index contributed by atoms with van der Waals surface area (Å²) in [5.74, 6) is 0.119. The van der Waals surface area contributed by atoms with E-state index in [1.165, 1.54) is 23.0 Å². The molecule has 132 valence electrons. The number of nitrogens with one attached hydrogen (secondary N) is 1. The standard InChI is InChI=1S/C20H20N4O2/c25-20(19-2-1-9-26-19)23-12-16-10-22-11-17-14-24(8-5-18(16)17)13-15-3-6-21-7-4-15/h1-4,6-7,9-11H,5,8,12-14H2,(H,23,25). The van der Waals surface area contributed by atoms with Crippen molar-refractivity contribution in [2.45, 2.75) is 26.1 Å². The molecule has 6 heteroatoms. The maximum atomic E-state index is 12.1. The Hall–Kier alpha value is -2.99. The molecule has 6 nitrogen and oxygen atoms in total. The molecule has 3 aromatic rings. The highest BCUT2D eigenvalue weighted by molar-refractivity contribution is 5.91. The molecule has 0 aliphatic carbocycles. The first-order chi connectivity index (χ1) is 12.8. The van der Waals surface area contributed by atoms with Crippen molar-refractivity contribution in [3.8, 4) is 0 Å². The zero-order valence-corrected chi connectivity index (χ0v) is 14.4. The lowest BCUT2D eigenvalue weighted by Gasteiger charge is -2.29. The predicted octanol–water partition coefficient (Wildman–Crippen LogP) is 2.56. The van der Waals surface area contributed by atoms with E-state index in [1.807, 2.05) is 36.9 Å². The van der Waals surface area contributed by atoms with Crippen molar-refractivity contribution in [3.05, 3.63) is 83.3 Å². The fourth-order valence-corrected chi connectivity index (χ4v) is 3.33. The van der Waals surface area contributed by atoms with Crippen LogP contribution in [0, 0.1) is 0 Å². The third-order valence-electron chi connectivity index (χ3n) is 4.65. The first kappa shape index (κ1) is 16.5. The van der Waals surface area contributed by atoms with E-state index in [9.17, 15) is 4.79 Å². The van der Waals surface area contributed by atoms with Gasteiger partial charge in [-0.2, -0.15) is 0 Å². The highest BCUT2D eigenvalue weighted by Crippen LogP contribution is 2.23. The van der Waals surface area contributed by atoms with E-state index >= 15 is 0 Å². The molecule has 0 fully saturated rings. The van der Waals surface area contributed by atoms with Gasteiger partial charge in [-0.25, -0.2) is 0 Å². The zero-order chi connectivity index (χ0) is 17.8. The van der Waals surface area contributed by atoms with Crippen molar-refractivity contribution in [1.82, 2.24) is 20.2 Å². The SMILES string of the molecule is O=C(NCc1cncc2c1CCN(Cc1ccncc1)C2)c1ccco1. The Morgan fingerprint density at radius 3 is 2.88 bits per heavy atom. The van der Waals surface area contributed by atoms with Crippen LogP contribution in [0.1, 0.15) is 32.8 Å². The number of hydrogen-bond acceptors (Lipinski definition) is 5. The predicted molar refractivity (Wildman–Crippen MR) is 96.2 cm³/mol. The number of aromatic nitrogens is 2. The smallest absolute Gasteiger partial charge is 0.287 e. The number of carbonyl (C=O) groups excluding carboxylic acids is 1. The third-order valence-corrected chi connectivity index (χ3v) is 4.65. The molecule has 1 aliphatic heterocycles. The van der Waals surface area contributed by atoms with Crippen LogP contribution in [0.25, 0.3) is 0 Å². The van der Waals surface area contributed by atoms with Gasteiger partial charge in [-0.05, 0) is 52.9 Å². The minimum absolute atomic E-state index is 0.206. The number of carbonyl (C=O) groups is 1. The van der Waals surface area contributed by atoms with Gasteiger partial charge in [0.2, 0.25) is 0 Å². The lowest BCUT2D eigenvalue weighted by molar-refractivity contribution is 0.0923. The second-order valence-corrected chi connectivity index (χ2v) is 6.41. The number of rotatable bonds is 5. The Morgan fingerprint density at radius 2 is 2.08 bits per heavy atom. The largest absolute Gasteiger partial charge is 0.459 e.